The van der Waals surface area contributed by atoms with E-state index >= 15 is 0 Å². The van der Waals surface area contributed by atoms with Crippen molar-refractivity contribution in [1.29, 1.82) is 0 Å². The Morgan fingerprint density at radius 1 is 1.67 bits per heavy atom. The van der Waals surface area contributed by atoms with E-state index in [2.05, 4.69) is 16.6 Å². The third-order valence-electron chi connectivity index (χ3n) is 0.455. The molecular weight excluding hydrogens is 114 g/mol. The molecule has 0 aliphatic rings. The highest BCUT2D eigenvalue weighted by Gasteiger charge is 1.88. The first-order chi connectivity index (χ1) is 2.89. The summed E-state index contributed by atoms with van der Waals surface area (Å²) in [6.07, 6.45) is 1.76. The molecule has 1 nitrogen and oxygen atoms in total. The largest absolute Gasteiger partial charge is 0.242 e. The van der Waals surface area contributed by atoms with Gasteiger partial charge in [0.25, 0.3) is 0 Å². The first kappa shape index (κ1) is 4.15. The van der Waals surface area contributed by atoms with Crippen molar-refractivity contribution in [2.75, 3.05) is 0 Å². The maximum Gasteiger partial charge on any atom is 0.242 e. The lowest BCUT2D eigenvalue weighted by Crippen LogP contribution is -1.38. The van der Waals surface area contributed by atoms with Crippen molar-refractivity contribution in [2.45, 2.75) is 0 Å². The summed E-state index contributed by atoms with van der Waals surface area (Å²) < 4.78 is 0. The summed E-state index contributed by atoms with van der Waals surface area (Å²) in [5.41, 5.74) is 1.81. The number of aromatic nitrogens is 1. The minimum atomic E-state index is 0.0494. The number of hydrogen-bond acceptors (Lipinski definition) is 2. The SMILES string of the molecule is S[s+]1ccnc1. The minimum absolute atomic E-state index is 0.0494. The van der Waals surface area contributed by atoms with Crippen molar-refractivity contribution in [3.8, 4) is 0 Å². The quantitative estimate of drug-likeness (QED) is 0.309. The molecule has 6 heavy (non-hydrogen) atoms. The number of hydrogen-bond donors (Lipinski definition) is 1. The predicted molar refractivity (Wildman–Crippen MR) is 31.1 cm³/mol. The standard InChI is InChI=1S/C3H4NS2/c5-6-2-1-4-3-6/h1-3,5H/q+1. The van der Waals surface area contributed by atoms with E-state index in [0.29, 0.717) is 0 Å². The van der Waals surface area contributed by atoms with Crippen LogP contribution in [0.15, 0.2) is 17.1 Å². The van der Waals surface area contributed by atoms with Gasteiger partial charge in [-0.2, -0.15) is 0 Å². The summed E-state index contributed by atoms with van der Waals surface area (Å²) >= 11 is 4.08. The molecule has 1 aromatic heterocycles. The second-order valence-corrected chi connectivity index (χ2v) is 3.33. The Morgan fingerprint density at radius 3 is 2.67 bits per heavy atom. The molecule has 0 fully saturated rings. The van der Waals surface area contributed by atoms with Crippen molar-refractivity contribution in [1.82, 2.24) is 4.98 Å². The average Bonchev–Trinajstić information content (AvgIpc) is 1.86. The van der Waals surface area contributed by atoms with Gasteiger partial charge in [-0.3, -0.25) is 0 Å². The Balaban J connectivity index is 3.05. The zero-order valence-electron chi connectivity index (χ0n) is 3.03. The maximum atomic E-state index is 4.08. The first-order valence-corrected chi connectivity index (χ1v) is 3.91. The number of thiol groups is 1. The van der Waals surface area contributed by atoms with Crippen LogP contribution in [0.25, 0.3) is 0 Å². The van der Waals surface area contributed by atoms with Crippen LogP contribution in [0, 0.1) is 0 Å². The fourth-order valence-electron chi connectivity index (χ4n) is 0.230. The molecule has 1 atom stereocenters. The van der Waals surface area contributed by atoms with E-state index in [9.17, 15) is 0 Å². The molecule has 0 amide bonds. The average molecular weight is 118 g/mol. The molecule has 0 aliphatic carbocycles. The van der Waals surface area contributed by atoms with Crippen LogP contribution in [0.5, 0.6) is 0 Å². The van der Waals surface area contributed by atoms with Crippen LogP contribution in [-0.4, -0.2) is 4.98 Å². The van der Waals surface area contributed by atoms with Gasteiger partial charge in [-0.05, 0) is 0 Å². The number of thiazole rings is 1. The molecule has 1 unspecified atom stereocenters. The molecule has 0 saturated carbocycles. The van der Waals surface area contributed by atoms with Gasteiger partial charge in [0.2, 0.25) is 5.51 Å². The van der Waals surface area contributed by atoms with Crippen LogP contribution >= 0.6 is 21.2 Å². The highest BCUT2D eigenvalue weighted by atomic mass is 33.1. The highest BCUT2D eigenvalue weighted by molar-refractivity contribution is 8.33. The molecule has 1 rings (SSSR count). The van der Waals surface area contributed by atoms with Crippen molar-refractivity contribution in [2.24, 2.45) is 0 Å². The Hall–Kier alpha value is -0.0200. The third kappa shape index (κ3) is 0.725. The molecule has 0 spiro atoms. The summed E-state index contributed by atoms with van der Waals surface area (Å²) in [6.45, 7) is 0. The molecule has 1 aromatic rings. The Kier molecular flexibility index (Phi) is 1.12. The lowest BCUT2D eigenvalue weighted by molar-refractivity contribution is 1.43. The van der Waals surface area contributed by atoms with E-state index in [1.165, 1.54) is 0 Å². The summed E-state index contributed by atoms with van der Waals surface area (Å²) in [7, 11) is 0.0494. The molecule has 0 aromatic carbocycles. The van der Waals surface area contributed by atoms with Crippen LogP contribution in [0.3, 0.4) is 0 Å². The number of nitrogens with zero attached hydrogens (tertiary/aromatic N) is 1. The van der Waals surface area contributed by atoms with E-state index in [0.717, 1.165) is 0 Å². The third-order valence-corrected chi connectivity index (χ3v) is 1.84. The predicted octanol–water partition coefficient (Wildman–Crippen LogP) is 1.52. The summed E-state index contributed by atoms with van der Waals surface area (Å²) in [4.78, 5) is 3.79. The first-order valence-electron chi connectivity index (χ1n) is 1.50. The lowest BCUT2D eigenvalue weighted by Gasteiger charge is -1.50. The zero-order valence-corrected chi connectivity index (χ0v) is 4.75. The van der Waals surface area contributed by atoms with Crippen molar-refractivity contribution in [3.05, 3.63) is 17.1 Å². The zero-order chi connectivity index (χ0) is 4.41. The molecule has 3 heteroatoms. The van der Waals surface area contributed by atoms with Gasteiger partial charge in [-0.15, -0.1) is 0 Å². The Labute approximate surface area is 43.8 Å². The van der Waals surface area contributed by atoms with E-state index in [4.69, 9.17) is 0 Å². The minimum Gasteiger partial charge on any atom is -0.207 e. The van der Waals surface area contributed by atoms with Gasteiger partial charge in [-0.1, -0.05) is 0 Å². The molecular formula is C3H4NS2+. The van der Waals surface area contributed by atoms with Crippen molar-refractivity contribution >= 4 is 21.2 Å². The van der Waals surface area contributed by atoms with Crippen LogP contribution in [-0.2, 0) is 0 Å². The van der Waals surface area contributed by atoms with E-state index in [1.54, 1.807) is 6.20 Å². The van der Waals surface area contributed by atoms with E-state index in [1.807, 2.05) is 10.9 Å². The van der Waals surface area contributed by atoms with Crippen LogP contribution in [0.1, 0.15) is 0 Å². The van der Waals surface area contributed by atoms with E-state index in [-0.39, 0.29) is 9.50 Å². The molecule has 0 radical (unpaired) electrons. The molecule has 1 heterocycles. The Morgan fingerprint density at radius 2 is 2.50 bits per heavy atom. The second kappa shape index (κ2) is 1.62. The topological polar surface area (TPSA) is 12.9 Å². The van der Waals surface area contributed by atoms with Crippen LogP contribution in [0.2, 0.25) is 0 Å². The summed E-state index contributed by atoms with van der Waals surface area (Å²) in [6, 6.07) is 0. The van der Waals surface area contributed by atoms with Gasteiger partial charge in [0.15, 0.2) is 5.38 Å². The van der Waals surface area contributed by atoms with Gasteiger partial charge in [0.05, 0.1) is 15.7 Å². The number of rotatable bonds is 0. The molecule has 32 valence electrons. The van der Waals surface area contributed by atoms with Crippen LogP contribution < -0.4 is 0 Å². The van der Waals surface area contributed by atoms with Crippen molar-refractivity contribution in [3.63, 3.8) is 0 Å². The lowest BCUT2D eigenvalue weighted by atomic mass is 11.0. The molecule has 0 bridgehead atoms. The molecule has 0 N–H and O–H groups in total. The van der Waals surface area contributed by atoms with Gasteiger partial charge >= 0.3 is 0 Å². The highest BCUT2D eigenvalue weighted by Crippen LogP contribution is 2.16. The second-order valence-electron chi connectivity index (χ2n) is 0.887. The van der Waals surface area contributed by atoms with Gasteiger partial charge in [-0.25, -0.2) is 4.98 Å². The fourth-order valence-corrected chi connectivity index (χ4v) is 1.02. The smallest absolute Gasteiger partial charge is 0.207 e. The van der Waals surface area contributed by atoms with Crippen LogP contribution in [0.4, 0.5) is 0 Å². The van der Waals surface area contributed by atoms with E-state index < -0.39 is 0 Å². The monoisotopic (exact) mass is 118 g/mol. The molecule has 0 saturated heterocycles. The van der Waals surface area contributed by atoms with Gasteiger partial charge in [0, 0.05) is 0 Å². The Bertz CT molecular complexity index is 112. The fraction of sp³-hybridized carbons (Fsp3) is 0. The normalized spacial score (nSPS) is 11.8. The van der Waals surface area contributed by atoms with Crippen molar-refractivity contribution < 1.29 is 0 Å². The molecule has 0 aliphatic heterocycles. The van der Waals surface area contributed by atoms with Gasteiger partial charge < -0.3 is 0 Å². The van der Waals surface area contributed by atoms with Gasteiger partial charge in [0.1, 0.15) is 11.7 Å². The summed E-state index contributed by atoms with van der Waals surface area (Å²) in [5, 5.41) is 1.95. The summed E-state index contributed by atoms with van der Waals surface area (Å²) in [5.74, 6) is 0. The maximum absolute atomic E-state index is 4.08.